The summed E-state index contributed by atoms with van der Waals surface area (Å²) in [5, 5.41) is 0. The molecule has 0 aliphatic heterocycles. The lowest BCUT2D eigenvalue weighted by Crippen LogP contribution is -2.20. The van der Waals surface area contributed by atoms with Crippen molar-refractivity contribution in [2.24, 2.45) is 0 Å². The lowest BCUT2D eigenvalue weighted by molar-refractivity contribution is -0.145. The third-order valence-corrected chi connectivity index (χ3v) is 2.68. The summed E-state index contributed by atoms with van der Waals surface area (Å²) in [6.45, 7) is 1.54. The van der Waals surface area contributed by atoms with Gasteiger partial charge in [0.15, 0.2) is 0 Å². The monoisotopic (exact) mass is 226 g/mol. The minimum atomic E-state index is -0.499. The summed E-state index contributed by atoms with van der Waals surface area (Å²) in [4.78, 5) is 22.5. The summed E-state index contributed by atoms with van der Waals surface area (Å²) < 4.78 is 9.72. The topological polar surface area (TPSA) is 52.6 Å². The molecule has 0 spiro atoms. The molecule has 1 rings (SSSR count). The molecule has 4 heteroatoms. The molecule has 0 N–H and O–H groups in total. The first kappa shape index (κ1) is 12.7. The van der Waals surface area contributed by atoms with Crippen LogP contribution < -0.4 is 0 Å². The van der Waals surface area contributed by atoms with Crippen molar-refractivity contribution in [2.75, 3.05) is 7.11 Å². The Morgan fingerprint density at radius 2 is 1.81 bits per heavy atom. The van der Waals surface area contributed by atoms with Crippen LogP contribution in [-0.2, 0) is 19.1 Å². The molecule has 0 radical (unpaired) electrons. The van der Waals surface area contributed by atoms with Crippen molar-refractivity contribution in [1.82, 2.24) is 0 Å². The number of hydrogen-bond acceptors (Lipinski definition) is 4. The van der Waals surface area contributed by atoms with E-state index in [4.69, 9.17) is 4.74 Å². The van der Waals surface area contributed by atoms with Crippen molar-refractivity contribution in [1.29, 1.82) is 0 Å². The highest BCUT2D eigenvalue weighted by molar-refractivity contribution is 5.95. The largest absolute Gasteiger partial charge is 0.466 e. The molecule has 16 heavy (non-hydrogen) atoms. The second kappa shape index (κ2) is 6.30. The van der Waals surface area contributed by atoms with Gasteiger partial charge in [-0.05, 0) is 32.6 Å². The molecule has 1 saturated carbocycles. The summed E-state index contributed by atoms with van der Waals surface area (Å²) in [5.41, 5.74) is 0.267. The molecular formula is C12H18O4. The first-order chi connectivity index (χ1) is 7.63. The third kappa shape index (κ3) is 4.04. The molecule has 90 valence electrons. The van der Waals surface area contributed by atoms with E-state index in [1.54, 1.807) is 0 Å². The van der Waals surface area contributed by atoms with E-state index in [0.717, 1.165) is 25.7 Å². The van der Waals surface area contributed by atoms with Crippen LogP contribution in [0.4, 0.5) is 0 Å². The van der Waals surface area contributed by atoms with Crippen molar-refractivity contribution in [2.45, 2.75) is 45.1 Å². The van der Waals surface area contributed by atoms with Gasteiger partial charge in [-0.1, -0.05) is 6.42 Å². The van der Waals surface area contributed by atoms with Gasteiger partial charge in [-0.3, -0.25) is 0 Å². The molecule has 4 nitrogen and oxygen atoms in total. The molecule has 0 aromatic rings. The number of hydrogen-bond donors (Lipinski definition) is 0. The van der Waals surface area contributed by atoms with E-state index >= 15 is 0 Å². The molecule has 0 aromatic carbocycles. The van der Waals surface area contributed by atoms with Crippen molar-refractivity contribution in [3.8, 4) is 0 Å². The Labute approximate surface area is 95.6 Å². The van der Waals surface area contributed by atoms with Gasteiger partial charge in [-0.15, -0.1) is 0 Å². The van der Waals surface area contributed by atoms with E-state index in [2.05, 4.69) is 4.74 Å². The fourth-order valence-electron chi connectivity index (χ4n) is 1.78. The van der Waals surface area contributed by atoms with Gasteiger partial charge in [0.05, 0.1) is 7.11 Å². The normalized spacial score (nSPS) is 18.0. The first-order valence-electron chi connectivity index (χ1n) is 5.60. The molecule has 0 amide bonds. The molecule has 0 saturated heterocycles. The van der Waals surface area contributed by atoms with Gasteiger partial charge < -0.3 is 9.47 Å². The Bertz CT molecular complexity index is 287. The zero-order chi connectivity index (χ0) is 12.0. The molecule has 0 heterocycles. The Morgan fingerprint density at radius 3 is 2.38 bits per heavy atom. The fourth-order valence-corrected chi connectivity index (χ4v) is 1.78. The third-order valence-electron chi connectivity index (χ3n) is 2.68. The maximum absolute atomic E-state index is 11.4. The molecular weight excluding hydrogens is 208 g/mol. The zero-order valence-corrected chi connectivity index (χ0v) is 9.82. The lowest BCUT2D eigenvalue weighted by Gasteiger charge is -2.21. The summed E-state index contributed by atoms with van der Waals surface area (Å²) >= 11 is 0. The van der Waals surface area contributed by atoms with Crippen LogP contribution in [0, 0.1) is 0 Å². The maximum atomic E-state index is 11.4. The molecule has 1 aliphatic carbocycles. The van der Waals surface area contributed by atoms with Crippen molar-refractivity contribution in [3.63, 3.8) is 0 Å². The number of ether oxygens (including phenoxy) is 2. The highest BCUT2D eigenvalue weighted by atomic mass is 16.5. The van der Waals surface area contributed by atoms with Crippen LogP contribution in [0.3, 0.4) is 0 Å². The highest BCUT2D eigenvalue weighted by Gasteiger charge is 2.17. The Morgan fingerprint density at radius 1 is 1.19 bits per heavy atom. The summed E-state index contributed by atoms with van der Waals surface area (Å²) in [5.74, 6) is -0.949. The Kier molecular flexibility index (Phi) is 5.02. The van der Waals surface area contributed by atoms with Crippen LogP contribution in [0.5, 0.6) is 0 Å². The van der Waals surface area contributed by atoms with Gasteiger partial charge >= 0.3 is 11.9 Å². The Balaban J connectivity index is 2.42. The number of methoxy groups -OCH3 is 1. The maximum Gasteiger partial charge on any atom is 0.333 e. The first-order valence-corrected chi connectivity index (χ1v) is 5.60. The SMILES string of the molecule is COC(=O)C(C)=CC(=O)OC1CCCCC1. The minimum Gasteiger partial charge on any atom is -0.466 e. The highest BCUT2D eigenvalue weighted by Crippen LogP contribution is 2.20. The molecule has 1 aliphatic rings. The predicted molar refractivity (Wildman–Crippen MR) is 58.7 cm³/mol. The number of carbonyl (C=O) groups excluding carboxylic acids is 2. The van der Waals surface area contributed by atoms with Crippen LogP contribution in [0.15, 0.2) is 11.6 Å². The van der Waals surface area contributed by atoms with E-state index in [0.29, 0.717) is 0 Å². The van der Waals surface area contributed by atoms with Crippen LogP contribution in [0.25, 0.3) is 0 Å². The summed E-state index contributed by atoms with van der Waals surface area (Å²) in [7, 11) is 1.28. The van der Waals surface area contributed by atoms with Crippen molar-refractivity contribution < 1.29 is 19.1 Å². The van der Waals surface area contributed by atoms with E-state index in [1.807, 2.05) is 0 Å². The summed E-state index contributed by atoms with van der Waals surface area (Å²) in [6, 6.07) is 0. The second-order valence-corrected chi connectivity index (χ2v) is 4.02. The molecule has 0 aromatic heterocycles. The van der Waals surface area contributed by atoms with E-state index in [-0.39, 0.29) is 11.7 Å². The van der Waals surface area contributed by atoms with Gasteiger partial charge in [-0.25, -0.2) is 9.59 Å². The number of rotatable bonds is 3. The second-order valence-electron chi connectivity index (χ2n) is 4.02. The average Bonchev–Trinajstić information content (AvgIpc) is 2.29. The average molecular weight is 226 g/mol. The van der Waals surface area contributed by atoms with Gasteiger partial charge in [0, 0.05) is 11.6 Å². The van der Waals surface area contributed by atoms with Gasteiger partial charge in [0.25, 0.3) is 0 Å². The van der Waals surface area contributed by atoms with Crippen molar-refractivity contribution >= 4 is 11.9 Å². The Hall–Kier alpha value is -1.32. The minimum absolute atomic E-state index is 0.0166. The van der Waals surface area contributed by atoms with Crippen LogP contribution in [0.1, 0.15) is 39.0 Å². The molecule has 0 unspecified atom stereocenters. The van der Waals surface area contributed by atoms with Crippen LogP contribution >= 0.6 is 0 Å². The van der Waals surface area contributed by atoms with Crippen molar-refractivity contribution in [3.05, 3.63) is 11.6 Å². The molecule has 0 bridgehead atoms. The lowest BCUT2D eigenvalue weighted by atomic mass is 9.98. The van der Waals surface area contributed by atoms with E-state index < -0.39 is 11.9 Å². The quantitative estimate of drug-likeness (QED) is 0.545. The van der Waals surface area contributed by atoms with Crippen LogP contribution in [0.2, 0.25) is 0 Å². The van der Waals surface area contributed by atoms with Crippen LogP contribution in [-0.4, -0.2) is 25.2 Å². The van der Waals surface area contributed by atoms with Gasteiger partial charge in [-0.2, -0.15) is 0 Å². The fraction of sp³-hybridized carbons (Fsp3) is 0.667. The van der Waals surface area contributed by atoms with Gasteiger partial charge in [0.1, 0.15) is 6.10 Å². The van der Waals surface area contributed by atoms with Gasteiger partial charge in [0.2, 0.25) is 0 Å². The van der Waals surface area contributed by atoms with E-state index in [1.165, 1.54) is 26.5 Å². The smallest absolute Gasteiger partial charge is 0.333 e. The molecule has 0 atom stereocenters. The summed E-state index contributed by atoms with van der Waals surface area (Å²) in [6.07, 6.45) is 6.50. The zero-order valence-electron chi connectivity index (χ0n) is 9.82. The number of esters is 2. The molecule has 1 fully saturated rings. The predicted octanol–water partition coefficient (Wildman–Crippen LogP) is 1.98. The number of carbonyl (C=O) groups is 2. The van der Waals surface area contributed by atoms with E-state index in [9.17, 15) is 9.59 Å². The standard InChI is InChI=1S/C12H18O4/c1-9(12(14)15-2)8-11(13)16-10-6-4-3-5-7-10/h8,10H,3-7H2,1-2H3.